The van der Waals surface area contributed by atoms with E-state index in [0.717, 1.165) is 18.4 Å². The van der Waals surface area contributed by atoms with Gasteiger partial charge >= 0.3 is 0 Å². The second-order valence-electron chi connectivity index (χ2n) is 7.12. The zero-order valence-electron chi connectivity index (χ0n) is 17.0. The zero-order chi connectivity index (χ0) is 20.2. The second-order valence-corrected chi connectivity index (χ2v) is 8.89. The van der Waals surface area contributed by atoms with Crippen LogP contribution in [-0.2, 0) is 14.8 Å². The summed E-state index contributed by atoms with van der Waals surface area (Å²) in [4.78, 5) is 4.43. The van der Waals surface area contributed by atoms with Gasteiger partial charge in [-0.05, 0) is 31.9 Å². The fourth-order valence-electron chi connectivity index (χ4n) is 3.19. The summed E-state index contributed by atoms with van der Waals surface area (Å²) < 4.78 is 33.0. The van der Waals surface area contributed by atoms with Crippen molar-refractivity contribution in [2.75, 3.05) is 33.3 Å². The van der Waals surface area contributed by atoms with E-state index in [0.29, 0.717) is 31.8 Å². The van der Waals surface area contributed by atoms with Crippen LogP contribution in [0.2, 0.25) is 0 Å². The lowest BCUT2D eigenvalue weighted by molar-refractivity contribution is 0.0468. The third kappa shape index (κ3) is 8.16. The largest absolute Gasteiger partial charge is 0.376 e. The summed E-state index contributed by atoms with van der Waals surface area (Å²) >= 11 is 0. The highest BCUT2D eigenvalue weighted by Crippen LogP contribution is 2.19. The highest BCUT2D eigenvalue weighted by molar-refractivity contribution is 7.89. The molecule has 0 saturated heterocycles. The molecule has 2 rings (SSSR count). The smallest absolute Gasteiger partial charge is 0.240 e. The summed E-state index contributed by atoms with van der Waals surface area (Å²) in [7, 11) is -1.80. The lowest BCUT2D eigenvalue weighted by Crippen LogP contribution is -2.42. The van der Waals surface area contributed by atoms with Crippen molar-refractivity contribution in [3.63, 3.8) is 0 Å². The molecule has 0 aromatic heterocycles. The Hall–Kier alpha value is -1.64. The van der Waals surface area contributed by atoms with Crippen LogP contribution in [0.4, 0.5) is 0 Å². The average Bonchev–Trinajstić information content (AvgIpc) is 2.96. The predicted octanol–water partition coefficient (Wildman–Crippen LogP) is 2.18. The van der Waals surface area contributed by atoms with E-state index in [-0.39, 0.29) is 11.4 Å². The Bertz CT molecular complexity index is 697. The molecule has 1 fully saturated rings. The molecular formula is C20H34N4O3S. The fourth-order valence-corrected chi connectivity index (χ4v) is 4.22. The number of aliphatic imine (C=N–C) groups is 1. The molecule has 0 bridgehead atoms. The number of sulfonamides is 1. The van der Waals surface area contributed by atoms with Gasteiger partial charge in [-0.25, -0.2) is 13.1 Å². The van der Waals surface area contributed by atoms with Gasteiger partial charge in [0.15, 0.2) is 5.96 Å². The van der Waals surface area contributed by atoms with Crippen LogP contribution in [0.1, 0.15) is 44.1 Å². The molecule has 0 spiro atoms. The van der Waals surface area contributed by atoms with E-state index < -0.39 is 10.0 Å². The molecule has 1 aliphatic carbocycles. The molecule has 1 saturated carbocycles. The normalized spacial score (nSPS) is 16.6. The third-order valence-corrected chi connectivity index (χ3v) is 6.29. The molecule has 7 nitrogen and oxygen atoms in total. The molecule has 0 unspecified atom stereocenters. The number of hydrogen-bond acceptors (Lipinski definition) is 4. The van der Waals surface area contributed by atoms with E-state index >= 15 is 0 Å². The molecule has 0 aliphatic heterocycles. The van der Waals surface area contributed by atoms with Crippen LogP contribution in [0.3, 0.4) is 0 Å². The van der Waals surface area contributed by atoms with Gasteiger partial charge in [-0.3, -0.25) is 4.99 Å². The number of hydrogen-bond donors (Lipinski definition) is 3. The van der Waals surface area contributed by atoms with E-state index in [1.807, 2.05) is 6.92 Å². The first-order chi connectivity index (χ1) is 13.5. The van der Waals surface area contributed by atoms with E-state index in [9.17, 15) is 8.42 Å². The average molecular weight is 411 g/mol. The first-order valence-electron chi connectivity index (χ1n) is 10.1. The van der Waals surface area contributed by atoms with Gasteiger partial charge in [0.2, 0.25) is 10.0 Å². The Morgan fingerprint density at radius 2 is 1.68 bits per heavy atom. The maximum absolute atomic E-state index is 12.2. The Labute approximate surface area is 169 Å². The summed E-state index contributed by atoms with van der Waals surface area (Å²) in [6, 6.07) is 6.80. The van der Waals surface area contributed by atoms with Crippen molar-refractivity contribution in [1.29, 1.82) is 0 Å². The zero-order valence-corrected chi connectivity index (χ0v) is 17.9. The number of rotatable bonds is 9. The molecule has 158 valence electrons. The van der Waals surface area contributed by atoms with Crippen LogP contribution in [0.15, 0.2) is 34.2 Å². The van der Waals surface area contributed by atoms with Crippen LogP contribution < -0.4 is 15.4 Å². The SMILES string of the molecule is CN=C(NCCNS(=O)(=O)c1ccc(C)cc1)NCCOC1CCCCCC1. The topological polar surface area (TPSA) is 91.8 Å². The molecule has 1 aliphatic rings. The molecule has 3 N–H and O–H groups in total. The number of aryl methyl sites for hydroxylation is 1. The summed E-state index contributed by atoms with van der Waals surface area (Å²) in [6.45, 7) is 3.95. The predicted molar refractivity (Wildman–Crippen MR) is 113 cm³/mol. The number of nitrogens with zero attached hydrogens (tertiary/aromatic N) is 1. The number of ether oxygens (including phenoxy) is 1. The highest BCUT2D eigenvalue weighted by Gasteiger charge is 2.13. The van der Waals surface area contributed by atoms with Crippen LogP contribution >= 0.6 is 0 Å². The molecule has 1 aromatic rings. The Morgan fingerprint density at radius 1 is 1.04 bits per heavy atom. The van der Waals surface area contributed by atoms with Crippen molar-refractivity contribution in [2.45, 2.75) is 56.4 Å². The van der Waals surface area contributed by atoms with Gasteiger partial charge in [-0.1, -0.05) is 43.4 Å². The maximum atomic E-state index is 12.2. The highest BCUT2D eigenvalue weighted by atomic mass is 32.2. The third-order valence-electron chi connectivity index (χ3n) is 4.81. The second kappa shape index (κ2) is 12.0. The number of nitrogens with one attached hydrogen (secondary N) is 3. The molecular weight excluding hydrogens is 376 g/mol. The van der Waals surface area contributed by atoms with Crippen LogP contribution in [0.5, 0.6) is 0 Å². The monoisotopic (exact) mass is 410 g/mol. The number of benzene rings is 1. The van der Waals surface area contributed by atoms with Gasteiger partial charge in [-0.2, -0.15) is 0 Å². The van der Waals surface area contributed by atoms with Gasteiger partial charge < -0.3 is 15.4 Å². The minimum atomic E-state index is -3.49. The first-order valence-corrected chi connectivity index (χ1v) is 11.6. The standard InChI is InChI=1S/C20H34N4O3S/c1-17-9-11-19(12-10-17)28(25,26)24-14-13-22-20(21-2)23-15-16-27-18-7-5-3-4-6-8-18/h9-12,18,24H,3-8,13-16H2,1-2H3,(H2,21,22,23). The van der Waals surface area contributed by atoms with E-state index in [4.69, 9.17) is 4.74 Å². The maximum Gasteiger partial charge on any atom is 0.240 e. The summed E-state index contributed by atoms with van der Waals surface area (Å²) in [5.41, 5.74) is 1.03. The van der Waals surface area contributed by atoms with Crippen molar-refractivity contribution in [1.82, 2.24) is 15.4 Å². The molecule has 1 aromatic carbocycles. The quantitative estimate of drug-likeness (QED) is 0.251. The van der Waals surface area contributed by atoms with Gasteiger partial charge in [0, 0.05) is 26.7 Å². The number of guanidine groups is 1. The molecule has 0 heterocycles. The van der Waals surface area contributed by atoms with Crippen molar-refractivity contribution in [2.24, 2.45) is 4.99 Å². The molecule has 0 amide bonds. The van der Waals surface area contributed by atoms with E-state index in [2.05, 4.69) is 20.3 Å². The van der Waals surface area contributed by atoms with Gasteiger partial charge in [0.1, 0.15) is 0 Å². The Morgan fingerprint density at radius 3 is 2.32 bits per heavy atom. The summed E-state index contributed by atoms with van der Waals surface area (Å²) in [5.74, 6) is 0.638. The van der Waals surface area contributed by atoms with Gasteiger partial charge in [0.25, 0.3) is 0 Å². The van der Waals surface area contributed by atoms with E-state index in [1.54, 1.807) is 31.3 Å². The lowest BCUT2D eigenvalue weighted by Gasteiger charge is -2.17. The molecule has 0 radical (unpaired) electrons. The van der Waals surface area contributed by atoms with Crippen LogP contribution in [0.25, 0.3) is 0 Å². The van der Waals surface area contributed by atoms with Gasteiger partial charge in [-0.15, -0.1) is 0 Å². The molecule has 8 heteroatoms. The van der Waals surface area contributed by atoms with Crippen molar-refractivity contribution < 1.29 is 13.2 Å². The van der Waals surface area contributed by atoms with Crippen LogP contribution in [-0.4, -0.2) is 53.8 Å². The van der Waals surface area contributed by atoms with Crippen LogP contribution in [0, 0.1) is 6.92 Å². The minimum Gasteiger partial charge on any atom is -0.376 e. The van der Waals surface area contributed by atoms with Crippen molar-refractivity contribution in [3.05, 3.63) is 29.8 Å². The van der Waals surface area contributed by atoms with Crippen molar-refractivity contribution >= 4 is 16.0 Å². The molecule has 0 atom stereocenters. The first kappa shape index (κ1) is 22.6. The van der Waals surface area contributed by atoms with E-state index in [1.165, 1.54) is 25.7 Å². The lowest BCUT2D eigenvalue weighted by atomic mass is 10.1. The fraction of sp³-hybridized carbons (Fsp3) is 0.650. The Kier molecular flexibility index (Phi) is 9.73. The minimum absolute atomic E-state index is 0.273. The Balaban J connectivity index is 1.62. The van der Waals surface area contributed by atoms with Gasteiger partial charge in [0.05, 0.1) is 17.6 Å². The summed E-state index contributed by atoms with van der Waals surface area (Å²) in [6.07, 6.45) is 7.88. The van der Waals surface area contributed by atoms with Crippen molar-refractivity contribution in [3.8, 4) is 0 Å². The summed E-state index contributed by atoms with van der Waals surface area (Å²) in [5, 5.41) is 6.30. The molecule has 28 heavy (non-hydrogen) atoms.